The Hall–Kier alpha value is -2.67. The van der Waals surface area contributed by atoms with E-state index < -0.39 is 23.7 Å². The summed E-state index contributed by atoms with van der Waals surface area (Å²) < 4.78 is 41.2. The van der Waals surface area contributed by atoms with E-state index in [0.717, 1.165) is 4.68 Å². The van der Waals surface area contributed by atoms with Crippen LogP contribution in [0, 0.1) is 3.57 Å². The van der Waals surface area contributed by atoms with Crippen LogP contribution in [-0.4, -0.2) is 32.6 Å². The zero-order valence-corrected chi connectivity index (χ0v) is 19.6. The maximum absolute atomic E-state index is 13.3. The molecule has 7 nitrogen and oxygen atoms in total. The molecule has 0 unspecified atom stereocenters. The first kappa shape index (κ1) is 24.0. The predicted octanol–water partition coefficient (Wildman–Crippen LogP) is 4.93. The lowest BCUT2D eigenvalue weighted by Crippen LogP contribution is -2.32. The molecule has 168 valence electrons. The molecule has 2 heterocycles. The maximum Gasteiger partial charge on any atom is 0.435 e. The van der Waals surface area contributed by atoms with E-state index >= 15 is 0 Å². The Morgan fingerprint density at radius 1 is 1.16 bits per heavy atom. The maximum atomic E-state index is 13.3. The van der Waals surface area contributed by atoms with Crippen LogP contribution in [0.4, 0.5) is 19.0 Å². The Morgan fingerprint density at radius 2 is 1.88 bits per heavy atom. The summed E-state index contributed by atoms with van der Waals surface area (Å²) in [5.74, 6) is -1.68. The van der Waals surface area contributed by atoms with Crippen LogP contribution in [0.3, 0.4) is 0 Å². The summed E-state index contributed by atoms with van der Waals surface area (Å²) in [7, 11) is 0. The fraction of sp³-hybridized carbons (Fsp3) is 0.200. The van der Waals surface area contributed by atoms with Gasteiger partial charge in [-0.1, -0.05) is 17.7 Å². The summed E-state index contributed by atoms with van der Waals surface area (Å²) in [6.07, 6.45) is -3.44. The number of anilines is 1. The van der Waals surface area contributed by atoms with Crippen LogP contribution in [0.2, 0.25) is 5.02 Å². The molecule has 0 aliphatic rings. The molecule has 0 spiro atoms. The van der Waals surface area contributed by atoms with E-state index in [1.165, 1.54) is 24.4 Å². The first-order valence-corrected chi connectivity index (χ1v) is 10.6. The van der Waals surface area contributed by atoms with Gasteiger partial charge in [-0.05, 0) is 60.7 Å². The van der Waals surface area contributed by atoms with Crippen molar-refractivity contribution in [3.8, 4) is 5.82 Å². The van der Waals surface area contributed by atoms with Crippen LogP contribution >= 0.6 is 34.2 Å². The number of hydrogen-bond acceptors (Lipinski definition) is 4. The number of nitrogens with one attached hydrogen (secondary N) is 2. The van der Waals surface area contributed by atoms with Crippen molar-refractivity contribution in [2.75, 3.05) is 5.32 Å². The van der Waals surface area contributed by atoms with Crippen molar-refractivity contribution >= 4 is 51.8 Å². The highest BCUT2D eigenvalue weighted by atomic mass is 127. The quantitative estimate of drug-likeness (QED) is 0.421. The monoisotopic (exact) mass is 577 g/mol. The van der Waals surface area contributed by atoms with E-state index in [4.69, 9.17) is 11.6 Å². The largest absolute Gasteiger partial charge is 0.435 e. The zero-order chi connectivity index (χ0) is 23.6. The molecule has 12 heteroatoms. The lowest BCUT2D eigenvalue weighted by molar-refractivity contribution is -0.141. The van der Waals surface area contributed by atoms with Crippen LogP contribution in [0.5, 0.6) is 0 Å². The fourth-order valence-corrected chi connectivity index (χ4v) is 3.71. The Morgan fingerprint density at radius 3 is 2.50 bits per heavy atom. The van der Waals surface area contributed by atoms with Gasteiger partial charge in [-0.25, -0.2) is 4.98 Å². The second-order valence-corrected chi connectivity index (χ2v) is 8.45. The molecular weight excluding hydrogens is 562 g/mol. The third-order valence-electron chi connectivity index (χ3n) is 4.09. The highest BCUT2D eigenvalue weighted by molar-refractivity contribution is 14.1. The number of nitrogens with zero attached hydrogens (tertiary/aromatic N) is 3. The molecule has 0 bridgehead atoms. The Bertz CT molecular complexity index is 1180. The number of amides is 2. The normalized spacial score (nSPS) is 11.5. The summed E-state index contributed by atoms with van der Waals surface area (Å²) in [6.45, 7) is 3.53. The molecule has 0 radical (unpaired) electrons. The van der Waals surface area contributed by atoms with Crippen molar-refractivity contribution < 1.29 is 22.8 Å². The van der Waals surface area contributed by atoms with E-state index in [-0.39, 0.29) is 33.8 Å². The summed E-state index contributed by atoms with van der Waals surface area (Å²) in [5.41, 5.74) is -1.14. The number of carbonyl (C=O) groups is 2. The van der Waals surface area contributed by atoms with E-state index in [9.17, 15) is 22.8 Å². The lowest BCUT2D eigenvalue weighted by atomic mass is 10.1. The average Bonchev–Trinajstić information content (AvgIpc) is 3.11. The van der Waals surface area contributed by atoms with Gasteiger partial charge in [0.05, 0.1) is 16.1 Å². The van der Waals surface area contributed by atoms with E-state index in [1.54, 1.807) is 26.0 Å². The van der Waals surface area contributed by atoms with Crippen molar-refractivity contribution in [2.24, 2.45) is 0 Å². The van der Waals surface area contributed by atoms with Gasteiger partial charge in [0.15, 0.2) is 11.5 Å². The molecule has 2 N–H and O–H groups in total. The van der Waals surface area contributed by atoms with Gasteiger partial charge in [0.25, 0.3) is 11.8 Å². The smallest absolute Gasteiger partial charge is 0.350 e. The molecule has 0 aliphatic heterocycles. The van der Waals surface area contributed by atoms with Gasteiger partial charge in [0.2, 0.25) is 0 Å². The summed E-state index contributed by atoms with van der Waals surface area (Å²) in [5, 5.41) is 8.67. The van der Waals surface area contributed by atoms with Gasteiger partial charge in [0.1, 0.15) is 5.82 Å². The number of pyridine rings is 1. The molecule has 2 amide bonds. The van der Waals surface area contributed by atoms with Crippen LogP contribution < -0.4 is 10.6 Å². The van der Waals surface area contributed by atoms with E-state index in [0.29, 0.717) is 9.64 Å². The first-order valence-electron chi connectivity index (χ1n) is 9.18. The van der Waals surface area contributed by atoms with Gasteiger partial charge in [-0.15, -0.1) is 0 Å². The number of aromatic nitrogens is 3. The van der Waals surface area contributed by atoms with Crippen molar-refractivity contribution in [1.82, 2.24) is 20.1 Å². The molecule has 0 atom stereocenters. The van der Waals surface area contributed by atoms with Crippen molar-refractivity contribution in [3.63, 3.8) is 0 Å². The fourth-order valence-electron chi connectivity index (χ4n) is 2.77. The molecular formula is C20H16ClF3IN5O2. The highest BCUT2D eigenvalue weighted by Crippen LogP contribution is 2.32. The molecule has 0 saturated heterocycles. The summed E-state index contributed by atoms with van der Waals surface area (Å²) in [6, 6.07) is 8.04. The van der Waals surface area contributed by atoms with Crippen molar-refractivity contribution in [2.45, 2.75) is 26.1 Å². The van der Waals surface area contributed by atoms with E-state index in [2.05, 4.69) is 20.7 Å². The molecule has 0 fully saturated rings. The van der Waals surface area contributed by atoms with Crippen LogP contribution in [-0.2, 0) is 6.18 Å². The molecule has 3 rings (SSSR count). The van der Waals surface area contributed by atoms with Gasteiger partial charge in [-0.2, -0.15) is 23.0 Å². The second kappa shape index (κ2) is 9.45. The van der Waals surface area contributed by atoms with E-state index in [1.807, 2.05) is 22.6 Å². The minimum Gasteiger partial charge on any atom is -0.350 e. The third-order valence-corrected chi connectivity index (χ3v) is 5.28. The standard InChI is InChI=1S/C20H16ClF3IN5O2/c1-10(2)27-19(32)16-11(5-3-7-13(16)25)18(31)28-15-9-14(20(22,23)24)29-30(15)17-12(21)6-4-8-26-17/h3-10H,1-2H3,(H,27,32)(H,28,31). The topological polar surface area (TPSA) is 88.9 Å². The molecule has 1 aromatic carbocycles. The van der Waals surface area contributed by atoms with Gasteiger partial charge in [0, 0.05) is 21.9 Å². The molecule has 32 heavy (non-hydrogen) atoms. The molecule has 2 aromatic heterocycles. The summed E-state index contributed by atoms with van der Waals surface area (Å²) in [4.78, 5) is 29.6. The average molecular weight is 578 g/mol. The lowest BCUT2D eigenvalue weighted by Gasteiger charge is -2.14. The first-order chi connectivity index (χ1) is 15.0. The summed E-state index contributed by atoms with van der Waals surface area (Å²) >= 11 is 7.99. The van der Waals surface area contributed by atoms with Crippen LogP contribution in [0.15, 0.2) is 42.6 Å². The van der Waals surface area contributed by atoms with Gasteiger partial charge < -0.3 is 10.6 Å². The zero-order valence-electron chi connectivity index (χ0n) is 16.7. The third kappa shape index (κ3) is 5.21. The highest BCUT2D eigenvalue weighted by Gasteiger charge is 2.36. The number of alkyl halides is 3. The SMILES string of the molecule is CC(C)NC(=O)c1c(I)cccc1C(=O)Nc1cc(C(F)(F)F)nn1-c1ncccc1Cl. The minimum atomic E-state index is -4.77. The Kier molecular flexibility index (Phi) is 7.08. The van der Waals surface area contributed by atoms with Crippen molar-refractivity contribution in [3.05, 3.63) is 68.0 Å². The number of benzene rings is 1. The number of rotatable bonds is 5. The Balaban J connectivity index is 2.06. The minimum absolute atomic E-state index is 0.0107. The van der Waals surface area contributed by atoms with Gasteiger partial charge >= 0.3 is 6.18 Å². The molecule has 0 aliphatic carbocycles. The predicted molar refractivity (Wildman–Crippen MR) is 121 cm³/mol. The Labute approximate surface area is 199 Å². The molecule has 3 aromatic rings. The van der Waals surface area contributed by atoms with Crippen LogP contribution in [0.1, 0.15) is 40.3 Å². The van der Waals surface area contributed by atoms with Crippen molar-refractivity contribution in [1.29, 1.82) is 0 Å². The second-order valence-electron chi connectivity index (χ2n) is 6.88. The number of halogens is 5. The number of carbonyl (C=O) groups excluding carboxylic acids is 2. The number of hydrogen-bond donors (Lipinski definition) is 2. The molecule has 0 saturated carbocycles. The van der Waals surface area contributed by atoms with Gasteiger partial charge in [-0.3, -0.25) is 9.59 Å². The van der Waals surface area contributed by atoms with Crippen LogP contribution in [0.25, 0.3) is 5.82 Å².